The Morgan fingerprint density at radius 3 is 2.84 bits per heavy atom. The highest BCUT2D eigenvalue weighted by molar-refractivity contribution is 7.85. The Labute approximate surface area is 115 Å². The fraction of sp³-hybridized carbons (Fsp3) is 0.500. The first-order valence-electron chi connectivity index (χ1n) is 6.50. The molecule has 3 rings (SSSR count). The highest BCUT2D eigenvalue weighted by Gasteiger charge is 2.34. The number of rotatable bonds is 1. The summed E-state index contributed by atoms with van der Waals surface area (Å²) in [6.07, 6.45) is 0. The summed E-state index contributed by atoms with van der Waals surface area (Å²) in [4.78, 5) is 4.70. The second kappa shape index (κ2) is 4.42. The lowest BCUT2D eigenvalue weighted by atomic mass is 10.1. The van der Waals surface area contributed by atoms with Crippen molar-refractivity contribution in [2.75, 3.05) is 11.5 Å². The number of hydrogen-bond donors (Lipinski definition) is 1. The van der Waals surface area contributed by atoms with Crippen LogP contribution in [0.5, 0.6) is 0 Å². The van der Waals surface area contributed by atoms with Crippen molar-refractivity contribution in [1.29, 1.82) is 0 Å². The summed E-state index contributed by atoms with van der Waals surface area (Å²) in [5, 5.41) is 3.56. The van der Waals surface area contributed by atoms with Gasteiger partial charge in [0.2, 0.25) is 0 Å². The lowest BCUT2D eigenvalue weighted by molar-refractivity contribution is 0.357. The lowest BCUT2D eigenvalue weighted by Gasteiger charge is -2.36. The van der Waals surface area contributed by atoms with E-state index in [4.69, 9.17) is 4.98 Å². The van der Waals surface area contributed by atoms with Crippen LogP contribution >= 0.6 is 0 Å². The summed E-state index contributed by atoms with van der Waals surface area (Å²) >= 11 is 0. The van der Waals surface area contributed by atoms with Crippen LogP contribution < -0.4 is 5.32 Å². The molecule has 1 aromatic heterocycles. The Bertz CT molecular complexity index is 647. The van der Waals surface area contributed by atoms with E-state index in [0.717, 1.165) is 16.9 Å². The third-order valence-electron chi connectivity index (χ3n) is 3.57. The molecular weight excluding hydrogens is 258 g/mol. The fourth-order valence-electron chi connectivity index (χ4n) is 2.82. The smallest absolute Gasteiger partial charge is 0.127 e. The van der Waals surface area contributed by atoms with Gasteiger partial charge in [0.25, 0.3) is 0 Å². The molecule has 0 aliphatic carbocycles. The zero-order chi connectivity index (χ0) is 13.6. The van der Waals surface area contributed by atoms with E-state index in [0.29, 0.717) is 11.5 Å². The number of benzene rings is 1. The summed E-state index contributed by atoms with van der Waals surface area (Å²) < 4.78 is 14.1. The van der Waals surface area contributed by atoms with Crippen LogP contribution in [0.4, 0.5) is 0 Å². The van der Waals surface area contributed by atoms with Gasteiger partial charge in [0.1, 0.15) is 5.82 Å². The number of fused-ring (bicyclic) bond motifs is 1. The van der Waals surface area contributed by atoms with E-state index < -0.39 is 10.8 Å². The number of nitrogens with zero attached hydrogens (tertiary/aromatic N) is 2. The van der Waals surface area contributed by atoms with E-state index in [1.54, 1.807) is 0 Å². The summed E-state index contributed by atoms with van der Waals surface area (Å²) in [6.45, 7) is 4.19. The van der Waals surface area contributed by atoms with E-state index in [1.165, 1.54) is 0 Å². The third kappa shape index (κ3) is 2.32. The van der Waals surface area contributed by atoms with E-state index in [9.17, 15) is 4.21 Å². The van der Waals surface area contributed by atoms with Crippen molar-refractivity contribution in [3.05, 3.63) is 30.1 Å². The first-order valence-corrected chi connectivity index (χ1v) is 7.99. The second-order valence-corrected chi connectivity index (χ2v) is 7.35. The molecule has 1 aromatic carbocycles. The molecule has 2 heterocycles. The molecular formula is C14H19N3OS. The van der Waals surface area contributed by atoms with E-state index in [2.05, 4.69) is 29.8 Å². The van der Waals surface area contributed by atoms with Crippen molar-refractivity contribution in [1.82, 2.24) is 14.9 Å². The van der Waals surface area contributed by atoms with Gasteiger partial charge in [0.05, 0.1) is 17.1 Å². The van der Waals surface area contributed by atoms with Crippen LogP contribution in [0.2, 0.25) is 0 Å². The molecule has 2 atom stereocenters. The summed E-state index contributed by atoms with van der Waals surface area (Å²) in [5.74, 6) is 2.32. The monoisotopic (exact) mass is 277 g/mol. The van der Waals surface area contributed by atoms with Crippen molar-refractivity contribution in [2.24, 2.45) is 7.05 Å². The Kier molecular flexibility index (Phi) is 2.98. The topological polar surface area (TPSA) is 46.9 Å². The number of aromatic nitrogens is 2. The van der Waals surface area contributed by atoms with Crippen LogP contribution in [0.25, 0.3) is 11.0 Å². The largest absolute Gasteiger partial charge is 0.330 e. The van der Waals surface area contributed by atoms with Gasteiger partial charge in [-0.1, -0.05) is 12.1 Å². The van der Waals surface area contributed by atoms with Gasteiger partial charge in [-0.2, -0.15) is 0 Å². The predicted octanol–water partition coefficient (Wildman–Crippen LogP) is 1.74. The van der Waals surface area contributed by atoms with Crippen molar-refractivity contribution in [3.63, 3.8) is 0 Å². The van der Waals surface area contributed by atoms with Crippen molar-refractivity contribution >= 4 is 21.8 Å². The quantitative estimate of drug-likeness (QED) is 0.864. The molecule has 0 spiro atoms. The minimum atomic E-state index is -0.786. The normalized spacial score (nSPS) is 26.7. The Balaban J connectivity index is 2.04. The summed E-state index contributed by atoms with van der Waals surface area (Å²) in [5.41, 5.74) is 2.01. The van der Waals surface area contributed by atoms with Crippen LogP contribution in [0.1, 0.15) is 25.7 Å². The molecule has 1 aliphatic rings. The van der Waals surface area contributed by atoms with Crippen LogP contribution in [0.3, 0.4) is 0 Å². The number of imidazole rings is 1. The molecule has 1 N–H and O–H groups in total. The molecule has 1 saturated heterocycles. The van der Waals surface area contributed by atoms with Crippen LogP contribution in [-0.4, -0.2) is 30.8 Å². The molecule has 0 amide bonds. The van der Waals surface area contributed by atoms with Crippen molar-refractivity contribution in [3.8, 4) is 0 Å². The highest BCUT2D eigenvalue weighted by atomic mass is 32.2. The van der Waals surface area contributed by atoms with Gasteiger partial charge in [-0.15, -0.1) is 0 Å². The molecule has 4 nitrogen and oxygen atoms in total. The molecule has 1 fully saturated rings. The van der Waals surface area contributed by atoms with Gasteiger partial charge in [-0.25, -0.2) is 4.98 Å². The molecule has 0 radical (unpaired) electrons. The summed E-state index contributed by atoms with van der Waals surface area (Å²) in [7, 11) is 1.24. The van der Waals surface area contributed by atoms with Gasteiger partial charge >= 0.3 is 0 Å². The number of para-hydroxylation sites is 2. The second-order valence-electron chi connectivity index (χ2n) is 5.85. The Hall–Kier alpha value is -1.20. The molecule has 19 heavy (non-hydrogen) atoms. The molecule has 1 aliphatic heterocycles. The molecule has 0 bridgehead atoms. The lowest BCUT2D eigenvalue weighted by Crippen LogP contribution is -2.52. The predicted molar refractivity (Wildman–Crippen MR) is 78.5 cm³/mol. The minimum absolute atomic E-state index is 0.0574. The zero-order valence-electron chi connectivity index (χ0n) is 11.5. The first-order chi connectivity index (χ1) is 8.96. The Morgan fingerprint density at radius 2 is 2.16 bits per heavy atom. The van der Waals surface area contributed by atoms with Crippen molar-refractivity contribution in [2.45, 2.75) is 25.4 Å². The van der Waals surface area contributed by atoms with Crippen LogP contribution in [0.15, 0.2) is 24.3 Å². The number of nitrogens with one attached hydrogen (secondary N) is 1. The van der Waals surface area contributed by atoms with E-state index >= 15 is 0 Å². The number of aryl methyl sites for hydroxylation is 1. The average molecular weight is 277 g/mol. The molecule has 2 unspecified atom stereocenters. The zero-order valence-corrected chi connectivity index (χ0v) is 12.3. The average Bonchev–Trinajstić information content (AvgIpc) is 2.65. The van der Waals surface area contributed by atoms with E-state index in [1.807, 2.05) is 25.2 Å². The maximum Gasteiger partial charge on any atom is 0.127 e. The minimum Gasteiger partial charge on any atom is -0.330 e. The molecule has 102 valence electrons. The summed E-state index contributed by atoms with van der Waals surface area (Å²) in [6, 6.07) is 8.15. The molecule has 5 heteroatoms. The number of hydrogen-bond acceptors (Lipinski definition) is 3. The molecule has 2 aromatic rings. The van der Waals surface area contributed by atoms with Gasteiger partial charge in [-0.3, -0.25) is 4.21 Å². The van der Waals surface area contributed by atoms with Crippen LogP contribution in [0, 0.1) is 0 Å². The van der Waals surface area contributed by atoms with Crippen LogP contribution in [-0.2, 0) is 17.8 Å². The SMILES string of the molecule is Cn1c(C2CS(=O)CC(C)(C)N2)nc2ccccc21. The maximum atomic E-state index is 12.0. The Morgan fingerprint density at radius 1 is 1.42 bits per heavy atom. The van der Waals surface area contributed by atoms with Gasteiger partial charge in [0.15, 0.2) is 0 Å². The van der Waals surface area contributed by atoms with Gasteiger partial charge in [-0.05, 0) is 26.0 Å². The van der Waals surface area contributed by atoms with Crippen molar-refractivity contribution < 1.29 is 4.21 Å². The standard InChI is InChI=1S/C14H19N3OS/c1-14(2)9-19(18)8-11(16-14)13-15-10-6-4-5-7-12(10)17(13)3/h4-7,11,16H,8-9H2,1-3H3. The van der Waals surface area contributed by atoms with E-state index in [-0.39, 0.29) is 11.6 Å². The first kappa shape index (κ1) is 12.8. The molecule has 0 saturated carbocycles. The fourth-order valence-corrected chi connectivity index (χ4v) is 4.43. The third-order valence-corrected chi connectivity index (χ3v) is 5.32. The highest BCUT2D eigenvalue weighted by Crippen LogP contribution is 2.25. The maximum absolute atomic E-state index is 12.0. The van der Waals surface area contributed by atoms with Gasteiger partial charge in [0, 0.05) is 34.9 Å². The van der Waals surface area contributed by atoms with Gasteiger partial charge < -0.3 is 9.88 Å².